The molecule has 252 valence electrons. The highest BCUT2D eigenvalue weighted by atomic mass is 19.1. The first kappa shape index (κ1) is 32.4. The summed E-state index contributed by atoms with van der Waals surface area (Å²) in [4.78, 5) is 25.2. The number of ether oxygens (including phenoxy) is 1. The number of carbonyl (C=O) groups excluding carboxylic acids is 1. The highest BCUT2D eigenvalue weighted by Gasteiger charge is 2.61. The Morgan fingerprint density at radius 2 is 1.77 bits per heavy atom. The highest BCUT2D eigenvalue weighted by molar-refractivity contribution is 5.94. The van der Waals surface area contributed by atoms with E-state index in [1.165, 1.54) is 38.2 Å². The van der Waals surface area contributed by atoms with Crippen molar-refractivity contribution in [3.63, 3.8) is 0 Å². The monoisotopic (exact) mass is 645 g/mol. The lowest BCUT2D eigenvalue weighted by Gasteiger charge is -2.61. The van der Waals surface area contributed by atoms with E-state index in [4.69, 9.17) is 4.74 Å². The van der Waals surface area contributed by atoms with E-state index in [1.807, 2.05) is 19.1 Å². The van der Waals surface area contributed by atoms with Crippen LogP contribution in [-0.2, 0) is 11.2 Å². The SMILES string of the molecule is CC1(F)CC[C@@]2(C)[C@@H](CC[C@@H]3[C@@H]2CC[C@]2(C)[C@@H](OCCCNC(=O)c4cc(Cc5n[nH]c(=O)c6ccccc56)ccc4F)CC[C@@H]32)C1. The van der Waals surface area contributed by atoms with E-state index < -0.39 is 17.4 Å². The molecule has 4 aliphatic rings. The number of halogens is 2. The highest BCUT2D eigenvalue weighted by Crippen LogP contribution is 2.67. The molecule has 7 rings (SSSR count). The van der Waals surface area contributed by atoms with E-state index in [9.17, 15) is 18.4 Å². The van der Waals surface area contributed by atoms with Gasteiger partial charge in [-0.05, 0) is 129 Å². The maximum Gasteiger partial charge on any atom is 0.272 e. The molecule has 0 aliphatic heterocycles. The minimum absolute atomic E-state index is 0.00224. The van der Waals surface area contributed by atoms with Crippen LogP contribution in [0.4, 0.5) is 8.78 Å². The van der Waals surface area contributed by atoms with Crippen LogP contribution in [0.15, 0.2) is 47.3 Å². The van der Waals surface area contributed by atoms with Crippen molar-refractivity contribution >= 4 is 16.7 Å². The van der Waals surface area contributed by atoms with Crippen LogP contribution < -0.4 is 10.9 Å². The van der Waals surface area contributed by atoms with Crippen LogP contribution in [0, 0.1) is 40.3 Å². The predicted molar refractivity (Wildman–Crippen MR) is 179 cm³/mol. The number of hydrogen-bond donors (Lipinski definition) is 2. The Morgan fingerprint density at radius 3 is 2.60 bits per heavy atom. The van der Waals surface area contributed by atoms with Gasteiger partial charge in [0.25, 0.3) is 11.5 Å². The molecule has 1 amide bonds. The van der Waals surface area contributed by atoms with Gasteiger partial charge in [-0.1, -0.05) is 38.1 Å². The number of aromatic nitrogens is 2. The third kappa shape index (κ3) is 5.93. The number of nitrogens with one attached hydrogen (secondary N) is 2. The summed E-state index contributed by atoms with van der Waals surface area (Å²) < 4.78 is 36.3. The number of alkyl halides is 1. The van der Waals surface area contributed by atoms with Crippen molar-refractivity contribution in [2.75, 3.05) is 13.2 Å². The molecule has 4 aliphatic carbocycles. The van der Waals surface area contributed by atoms with Crippen LogP contribution in [-0.4, -0.2) is 41.0 Å². The van der Waals surface area contributed by atoms with Gasteiger partial charge in [-0.2, -0.15) is 5.10 Å². The van der Waals surface area contributed by atoms with Crippen LogP contribution in [0.25, 0.3) is 10.8 Å². The van der Waals surface area contributed by atoms with Crippen molar-refractivity contribution in [2.24, 2.45) is 34.5 Å². The topological polar surface area (TPSA) is 84.1 Å². The number of carbonyl (C=O) groups is 1. The quantitative estimate of drug-likeness (QED) is 0.244. The summed E-state index contributed by atoms with van der Waals surface area (Å²) in [5.74, 6) is 1.59. The average molecular weight is 646 g/mol. The molecule has 47 heavy (non-hydrogen) atoms. The molecule has 4 saturated carbocycles. The summed E-state index contributed by atoms with van der Waals surface area (Å²) in [5, 5.41) is 10.9. The number of benzene rings is 2. The second-order valence-corrected chi connectivity index (χ2v) is 15.9. The molecule has 0 radical (unpaired) electrons. The molecular weight excluding hydrogens is 596 g/mol. The first-order valence-electron chi connectivity index (χ1n) is 17.8. The van der Waals surface area contributed by atoms with Gasteiger partial charge >= 0.3 is 0 Å². The lowest BCUT2D eigenvalue weighted by molar-refractivity contribution is -0.145. The van der Waals surface area contributed by atoms with Gasteiger partial charge in [0.1, 0.15) is 11.5 Å². The number of amides is 1. The summed E-state index contributed by atoms with van der Waals surface area (Å²) in [6.07, 6.45) is 10.8. The van der Waals surface area contributed by atoms with Gasteiger partial charge in [0.15, 0.2) is 0 Å². The molecule has 2 N–H and O–H groups in total. The number of nitrogens with zero attached hydrogens (tertiary/aromatic N) is 1. The van der Waals surface area contributed by atoms with Gasteiger partial charge in [0.2, 0.25) is 0 Å². The average Bonchev–Trinajstić information content (AvgIpc) is 3.39. The van der Waals surface area contributed by atoms with Crippen LogP contribution in [0.3, 0.4) is 0 Å². The van der Waals surface area contributed by atoms with Crippen molar-refractivity contribution in [2.45, 2.75) is 103 Å². The van der Waals surface area contributed by atoms with Gasteiger partial charge in [0.05, 0.1) is 22.7 Å². The summed E-state index contributed by atoms with van der Waals surface area (Å²) in [6.45, 7) is 7.71. The lowest BCUT2D eigenvalue weighted by Crippen LogP contribution is -2.55. The third-order valence-corrected chi connectivity index (χ3v) is 13.2. The molecule has 8 atom stereocenters. The molecule has 2 aromatic carbocycles. The van der Waals surface area contributed by atoms with E-state index in [1.54, 1.807) is 24.3 Å². The molecule has 3 aromatic rings. The van der Waals surface area contributed by atoms with Crippen molar-refractivity contribution in [3.05, 3.63) is 75.5 Å². The fourth-order valence-corrected chi connectivity index (χ4v) is 10.6. The molecule has 1 unspecified atom stereocenters. The molecule has 1 aromatic heterocycles. The maximum absolute atomic E-state index is 15.0. The van der Waals surface area contributed by atoms with Crippen molar-refractivity contribution in [1.82, 2.24) is 15.5 Å². The molecule has 0 spiro atoms. The minimum Gasteiger partial charge on any atom is -0.378 e. The third-order valence-electron chi connectivity index (χ3n) is 13.2. The Kier molecular flexibility index (Phi) is 8.55. The van der Waals surface area contributed by atoms with Crippen LogP contribution in [0.1, 0.15) is 107 Å². The Labute approximate surface area is 276 Å². The van der Waals surface area contributed by atoms with Gasteiger partial charge < -0.3 is 10.1 Å². The number of hydrogen-bond acceptors (Lipinski definition) is 4. The molecule has 1 heterocycles. The van der Waals surface area contributed by atoms with Gasteiger partial charge in [-0.3, -0.25) is 9.59 Å². The van der Waals surface area contributed by atoms with Gasteiger partial charge in [-0.15, -0.1) is 0 Å². The second kappa shape index (κ2) is 12.4. The number of fused-ring (bicyclic) bond motifs is 6. The zero-order valence-corrected chi connectivity index (χ0v) is 28.0. The zero-order valence-electron chi connectivity index (χ0n) is 28.0. The lowest BCUT2D eigenvalue weighted by atomic mass is 9.44. The maximum atomic E-state index is 15.0. The summed E-state index contributed by atoms with van der Waals surface area (Å²) in [5.41, 5.74) is 0.583. The van der Waals surface area contributed by atoms with E-state index >= 15 is 0 Å². The Hall–Kier alpha value is -3.13. The normalized spacial score (nSPS) is 34.8. The zero-order chi connectivity index (χ0) is 33.0. The van der Waals surface area contributed by atoms with Crippen molar-refractivity contribution < 1.29 is 18.3 Å². The molecule has 0 saturated heterocycles. The predicted octanol–water partition coefficient (Wildman–Crippen LogP) is 7.93. The standard InChI is InChI=1S/C39H49F2N3O3/c1-37(41)17-18-38(2)25(23-37)10-11-28-30-12-14-34(39(30,3)16-15-31(28)38)47-20-6-19-42-35(45)29-21-24(9-13-32(29)40)22-33-26-7-4-5-8-27(26)36(46)44-43-33/h4-5,7-9,13,21,25,28,30-31,34H,6,10-12,14-20,22-23H2,1-3H3,(H,42,45)(H,44,46)/t25-,28-,30-,31-,34-,37?,38-,39-/m0/s1. The van der Waals surface area contributed by atoms with E-state index in [0.29, 0.717) is 61.2 Å². The molecule has 0 bridgehead atoms. The molecule has 8 heteroatoms. The number of H-pyrrole nitrogens is 1. The number of aromatic amines is 1. The first-order chi connectivity index (χ1) is 22.5. The Balaban J connectivity index is 0.917. The van der Waals surface area contributed by atoms with E-state index in [2.05, 4.69) is 29.4 Å². The minimum atomic E-state index is -0.997. The molecular formula is C39H49F2N3O3. The van der Waals surface area contributed by atoms with Gasteiger partial charge in [0, 0.05) is 25.0 Å². The van der Waals surface area contributed by atoms with E-state index in [0.717, 1.165) is 36.1 Å². The fourth-order valence-electron chi connectivity index (χ4n) is 10.6. The Bertz CT molecular complexity index is 1710. The van der Waals surface area contributed by atoms with E-state index in [-0.39, 0.29) is 28.1 Å². The van der Waals surface area contributed by atoms with Gasteiger partial charge in [-0.25, -0.2) is 13.9 Å². The Morgan fingerprint density at radius 1 is 0.979 bits per heavy atom. The van der Waals surface area contributed by atoms with Crippen molar-refractivity contribution in [1.29, 1.82) is 0 Å². The number of rotatable bonds is 8. The molecule has 6 nitrogen and oxygen atoms in total. The summed E-state index contributed by atoms with van der Waals surface area (Å²) >= 11 is 0. The van der Waals surface area contributed by atoms with Crippen LogP contribution in [0.2, 0.25) is 0 Å². The largest absolute Gasteiger partial charge is 0.378 e. The van der Waals surface area contributed by atoms with Crippen LogP contribution >= 0.6 is 0 Å². The van der Waals surface area contributed by atoms with Crippen LogP contribution in [0.5, 0.6) is 0 Å². The second-order valence-electron chi connectivity index (χ2n) is 15.9. The van der Waals surface area contributed by atoms with Crippen molar-refractivity contribution in [3.8, 4) is 0 Å². The summed E-state index contributed by atoms with van der Waals surface area (Å²) in [7, 11) is 0. The fraction of sp³-hybridized carbons (Fsp3) is 0.615. The summed E-state index contributed by atoms with van der Waals surface area (Å²) in [6, 6.07) is 11.8. The first-order valence-corrected chi connectivity index (χ1v) is 17.8. The smallest absolute Gasteiger partial charge is 0.272 e. The molecule has 4 fully saturated rings.